The number of hydrogen-bond acceptors (Lipinski definition) is 4. The molecule has 1 aliphatic rings. The van der Waals surface area contributed by atoms with E-state index in [1.165, 1.54) is 12.1 Å². The maximum Gasteiger partial charge on any atom is 0.243 e. The van der Waals surface area contributed by atoms with Gasteiger partial charge in [0.2, 0.25) is 16.8 Å². The largest absolute Gasteiger partial charge is 0.454 e. The SMILES string of the molecule is O=S(=O)(NCc1ccc2c(c1)OCO2)c1c(Cl)cccc1Cl. The van der Waals surface area contributed by atoms with Gasteiger partial charge >= 0.3 is 0 Å². The molecule has 116 valence electrons. The minimum Gasteiger partial charge on any atom is -0.454 e. The fraction of sp³-hybridized carbons (Fsp3) is 0.143. The summed E-state index contributed by atoms with van der Waals surface area (Å²) in [7, 11) is -3.82. The summed E-state index contributed by atoms with van der Waals surface area (Å²) in [5, 5.41) is 0.149. The predicted octanol–water partition coefficient (Wildman–Crippen LogP) is 3.20. The van der Waals surface area contributed by atoms with Crippen molar-refractivity contribution < 1.29 is 17.9 Å². The van der Waals surface area contributed by atoms with Crippen molar-refractivity contribution in [2.75, 3.05) is 6.79 Å². The molecule has 0 amide bonds. The van der Waals surface area contributed by atoms with Crippen LogP contribution in [0.5, 0.6) is 11.5 Å². The van der Waals surface area contributed by atoms with Crippen LogP contribution in [0.4, 0.5) is 0 Å². The highest BCUT2D eigenvalue weighted by atomic mass is 35.5. The summed E-state index contributed by atoms with van der Waals surface area (Å²) in [6.45, 7) is 0.250. The molecule has 0 radical (unpaired) electrons. The van der Waals surface area contributed by atoms with Crippen molar-refractivity contribution >= 4 is 33.2 Å². The molecule has 2 aromatic carbocycles. The van der Waals surface area contributed by atoms with Crippen LogP contribution in [0.25, 0.3) is 0 Å². The van der Waals surface area contributed by atoms with Crippen LogP contribution >= 0.6 is 23.2 Å². The monoisotopic (exact) mass is 359 g/mol. The Bertz CT molecular complexity index is 803. The molecule has 0 bridgehead atoms. The van der Waals surface area contributed by atoms with E-state index in [0.29, 0.717) is 11.5 Å². The predicted molar refractivity (Wildman–Crippen MR) is 83.1 cm³/mol. The lowest BCUT2D eigenvalue weighted by Crippen LogP contribution is -2.23. The summed E-state index contributed by atoms with van der Waals surface area (Å²) in [4.78, 5) is -0.126. The van der Waals surface area contributed by atoms with Gasteiger partial charge in [-0.2, -0.15) is 0 Å². The Hall–Kier alpha value is -1.47. The van der Waals surface area contributed by atoms with E-state index in [-0.39, 0.29) is 28.3 Å². The highest BCUT2D eigenvalue weighted by Gasteiger charge is 2.21. The van der Waals surface area contributed by atoms with E-state index < -0.39 is 10.0 Å². The first kappa shape index (κ1) is 15.4. The van der Waals surface area contributed by atoms with Crippen LogP contribution in [-0.2, 0) is 16.6 Å². The summed E-state index contributed by atoms with van der Waals surface area (Å²) in [5.74, 6) is 1.23. The molecule has 0 unspecified atom stereocenters. The second-order valence-corrected chi connectivity index (χ2v) is 7.08. The lowest BCUT2D eigenvalue weighted by atomic mass is 10.2. The van der Waals surface area contributed by atoms with Crippen LogP contribution in [0.1, 0.15) is 5.56 Å². The molecule has 0 aromatic heterocycles. The van der Waals surface area contributed by atoms with Crippen LogP contribution in [0.3, 0.4) is 0 Å². The van der Waals surface area contributed by atoms with Gasteiger partial charge in [-0.1, -0.05) is 35.3 Å². The van der Waals surface area contributed by atoms with Crippen LogP contribution < -0.4 is 14.2 Å². The number of halogens is 2. The zero-order valence-corrected chi connectivity index (χ0v) is 13.5. The van der Waals surface area contributed by atoms with E-state index in [1.54, 1.807) is 24.3 Å². The fourth-order valence-corrected chi connectivity index (χ4v) is 4.20. The van der Waals surface area contributed by atoms with E-state index >= 15 is 0 Å². The first-order valence-corrected chi connectivity index (χ1v) is 8.53. The van der Waals surface area contributed by atoms with E-state index in [4.69, 9.17) is 32.7 Å². The Morgan fingerprint density at radius 2 is 1.73 bits per heavy atom. The Labute approximate surface area is 137 Å². The minimum absolute atomic E-state index is 0.0747. The third-order valence-corrected chi connectivity index (χ3v) is 5.45. The van der Waals surface area contributed by atoms with Crippen LogP contribution in [0, 0.1) is 0 Å². The third-order valence-electron chi connectivity index (χ3n) is 3.09. The highest BCUT2D eigenvalue weighted by molar-refractivity contribution is 7.89. The van der Waals surface area contributed by atoms with Gasteiger partial charge in [0.15, 0.2) is 11.5 Å². The molecule has 0 atom stereocenters. The molecule has 0 spiro atoms. The lowest BCUT2D eigenvalue weighted by molar-refractivity contribution is 0.174. The van der Waals surface area contributed by atoms with E-state index in [9.17, 15) is 8.42 Å². The first-order chi connectivity index (χ1) is 10.5. The standard InChI is InChI=1S/C14H11Cl2NO4S/c15-10-2-1-3-11(16)14(10)22(18,19)17-7-9-4-5-12-13(6-9)21-8-20-12/h1-6,17H,7-8H2. The number of nitrogens with one attached hydrogen (secondary N) is 1. The van der Waals surface area contributed by atoms with Crippen molar-refractivity contribution in [2.24, 2.45) is 0 Å². The average molecular weight is 360 g/mol. The summed E-state index contributed by atoms with van der Waals surface area (Å²) in [5.41, 5.74) is 0.732. The molecule has 22 heavy (non-hydrogen) atoms. The van der Waals surface area contributed by atoms with Gasteiger partial charge in [-0.3, -0.25) is 0 Å². The Morgan fingerprint density at radius 1 is 1.05 bits per heavy atom. The van der Waals surface area contributed by atoms with Crippen LogP contribution in [0.2, 0.25) is 10.0 Å². The summed E-state index contributed by atoms with van der Waals surface area (Å²) in [6, 6.07) is 9.74. The smallest absolute Gasteiger partial charge is 0.243 e. The maximum absolute atomic E-state index is 12.3. The molecule has 3 rings (SSSR count). The van der Waals surface area contributed by atoms with Crippen molar-refractivity contribution in [3.05, 3.63) is 52.0 Å². The Balaban J connectivity index is 1.81. The highest BCUT2D eigenvalue weighted by Crippen LogP contribution is 2.33. The number of benzene rings is 2. The van der Waals surface area contributed by atoms with Gasteiger partial charge in [0.1, 0.15) is 4.90 Å². The van der Waals surface area contributed by atoms with Crippen molar-refractivity contribution in [1.29, 1.82) is 0 Å². The maximum atomic E-state index is 12.3. The molecule has 0 saturated carbocycles. The molecular formula is C14H11Cl2NO4S. The molecule has 0 saturated heterocycles. The van der Waals surface area contributed by atoms with Crippen LogP contribution in [0.15, 0.2) is 41.3 Å². The summed E-state index contributed by atoms with van der Waals surface area (Å²) >= 11 is 11.9. The summed E-state index contributed by atoms with van der Waals surface area (Å²) < 4.78 is 37.6. The second-order valence-electron chi connectivity index (χ2n) is 4.56. The van der Waals surface area contributed by atoms with Gasteiger partial charge in [0.05, 0.1) is 10.0 Å². The number of rotatable bonds is 4. The average Bonchev–Trinajstić information content (AvgIpc) is 2.92. The molecule has 5 nitrogen and oxygen atoms in total. The Morgan fingerprint density at radius 3 is 2.45 bits per heavy atom. The molecule has 1 N–H and O–H groups in total. The minimum atomic E-state index is -3.82. The van der Waals surface area contributed by atoms with Gasteiger partial charge in [-0.05, 0) is 29.8 Å². The normalized spacial score (nSPS) is 13.4. The third kappa shape index (κ3) is 3.01. The molecule has 1 heterocycles. The van der Waals surface area contributed by atoms with Crippen molar-refractivity contribution in [3.8, 4) is 11.5 Å². The molecule has 0 aliphatic carbocycles. The second kappa shape index (κ2) is 5.96. The topological polar surface area (TPSA) is 64.6 Å². The van der Waals surface area contributed by atoms with Gasteiger partial charge in [-0.25, -0.2) is 13.1 Å². The van der Waals surface area contributed by atoms with Crippen LogP contribution in [-0.4, -0.2) is 15.2 Å². The van der Waals surface area contributed by atoms with Gasteiger partial charge in [0.25, 0.3) is 0 Å². The molecule has 1 aliphatic heterocycles. The molecule has 0 fully saturated rings. The number of sulfonamides is 1. The van der Waals surface area contributed by atoms with E-state index in [0.717, 1.165) is 5.56 Å². The van der Waals surface area contributed by atoms with Gasteiger partial charge < -0.3 is 9.47 Å². The van der Waals surface area contributed by atoms with Crippen molar-refractivity contribution in [3.63, 3.8) is 0 Å². The molecule has 8 heteroatoms. The van der Waals surface area contributed by atoms with Gasteiger partial charge in [0, 0.05) is 6.54 Å². The summed E-state index contributed by atoms with van der Waals surface area (Å²) in [6.07, 6.45) is 0. The van der Waals surface area contributed by atoms with Crippen molar-refractivity contribution in [2.45, 2.75) is 11.4 Å². The molecular weight excluding hydrogens is 349 g/mol. The zero-order valence-electron chi connectivity index (χ0n) is 11.2. The Kier molecular flexibility index (Phi) is 4.18. The van der Waals surface area contributed by atoms with E-state index in [1.807, 2.05) is 0 Å². The first-order valence-electron chi connectivity index (χ1n) is 6.29. The fourth-order valence-electron chi connectivity index (χ4n) is 2.04. The number of ether oxygens (including phenoxy) is 2. The number of fused-ring (bicyclic) bond motifs is 1. The van der Waals surface area contributed by atoms with Crippen molar-refractivity contribution in [1.82, 2.24) is 4.72 Å². The quantitative estimate of drug-likeness (QED) is 0.910. The van der Waals surface area contributed by atoms with Gasteiger partial charge in [-0.15, -0.1) is 0 Å². The number of hydrogen-bond donors (Lipinski definition) is 1. The molecule has 2 aromatic rings. The zero-order chi connectivity index (χ0) is 15.7. The van der Waals surface area contributed by atoms with E-state index in [2.05, 4.69) is 4.72 Å². The lowest BCUT2D eigenvalue weighted by Gasteiger charge is -2.10.